The number of carboxylic acids is 1. The quantitative estimate of drug-likeness (QED) is 0.0572. The standard InChI is InChI=1S/C44H62N2O10S/c1-8-45(9-2)33-17-19-36-37(43(3,4)5)31-34(56-40(36)30-33)14-13-15-41-44(6,21-23-53-26-27-55-29-28-54-25-24-52-7)38-32-35(57(49,50)51)18-20-39(38)46(41)22-12-10-11-16-42(47)48/h13-15,17-20,30-32H,8-12,16,21-29H2,1-7H3,(H-,47,48,49,50,51)/p+1. The number of anilines is 1. The third-order valence-electron chi connectivity index (χ3n) is 10.4. The summed E-state index contributed by atoms with van der Waals surface area (Å²) in [6, 6.07) is 13.2. The number of unbranched alkanes of at least 4 members (excludes halogenated alkanes) is 2. The lowest BCUT2D eigenvalue weighted by molar-refractivity contribution is -0.137. The number of fused-ring (bicyclic) bond motifs is 2. The topological polar surface area (TPSA) is 148 Å². The number of carbonyl (C=O) groups is 1. The lowest BCUT2D eigenvalue weighted by Crippen LogP contribution is -2.30. The molecule has 1 atom stereocenters. The second kappa shape index (κ2) is 21.2. The summed E-state index contributed by atoms with van der Waals surface area (Å²) in [6.07, 6.45) is 8.55. The average Bonchev–Trinajstić information content (AvgIpc) is 3.38. The fourth-order valence-corrected chi connectivity index (χ4v) is 7.80. The van der Waals surface area contributed by atoms with Gasteiger partial charge in [-0.15, -0.1) is 0 Å². The van der Waals surface area contributed by atoms with Crippen LogP contribution in [0.4, 0.5) is 5.69 Å². The molecule has 4 rings (SSSR count). The molecule has 1 aromatic carbocycles. The van der Waals surface area contributed by atoms with E-state index in [4.69, 9.17) is 23.4 Å². The van der Waals surface area contributed by atoms with Gasteiger partial charge < -0.3 is 33.4 Å². The molecule has 2 aliphatic heterocycles. The zero-order chi connectivity index (χ0) is 41.6. The smallest absolute Gasteiger partial charge is 0.303 e. The highest BCUT2D eigenvalue weighted by Gasteiger charge is 2.43. The Bertz CT molecular complexity index is 1990. The van der Waals surface area contributed by atoms with Crippen LogP contribution in [0.25, 0.3) is 17.4 Å². The van der Waals surface area contributed by atoms with Gasteiger partial charge in [-0.25, -0.2) is 4.58 Å². The van der Waals surface area contributed by atoms with E-state index in [1.54, 1.807) is 19.2 Å². The molecule has 0 saturated carbocycles. The first-order valence-electron chi connectivity index (χ1n) is 20.0. The molecule has 1 aliphatic carbocycles. The predicted molar refractivity (Wildman–Crippen MR) is 224 cm³/mol. The minimum absolute atomic E-state index is 0.0988. The monoisotopic (exact) mass is 811 g/mol. The van der Waals surface area contributed by atoms with Gasteiger partial charge in [0.1, 0.15) is 24.6 Å². The molecule has 0 fully saturated rings. The van der Waals surface area contributed by atoms with Crippen molar-refractivity contribution < 1.29 is 46.2 Å². The number of allylic oxidation sites excluding steroid dienone is 3. The molecule has 314 valence electrons. The lowest BCUT2D eigenvalue weighted by Gasteiger charge is -2.30. The van der Waals surface area contributed by atoms with Crippen LogP contribution >= 0.6 is 0 Å². The molecule has 2 heterocycles. The van der Waals surface area contributed by atoms with Crippen molar-refractivity contribution >= 4 is 27.9 Å². The van der Waals surface area contributed by atoms with Crippen molar-refractivity contribution in [3.05, 3.63) is 82.6 Å². The fraction of sp³-hybridized carbons (Fsp3) is 0.545. The number of aliphatic carboxylic acids is 1. The van der Waals surface area contributed by atoms with Crippen molar-refractivity contribution in [1.82, 2.24) is 4.58 Å². The molecular formula is C44H63N2O10S+. The number of hydrogen-bond acceptors (Lipinski definition) is 9. The molecule has 0 saturated heterocycles. The fourth-order valence-electron chi connectivity index (χ4n) is 7.30. The second-order valence-electron chi connectivity index (χ2n) is 15.5. The molecular weight excluding hydrogens is 749 g/mol. The van der Waals surface area contributed by atoms with Gasteiger partial charge in [0.25, 0.3) is 10.1 Å². The van der Waals surface area contributed by atoms with E-state index in [1.807, 2.05) is 18.2 Å². The largest absolute Gasteiger partial charge is 0.481 e. The van der Waals surface area contributed by atoms with Crippen molar-refractivity contribution in [2.45, 2.75) is 89.4 Å². The highest BCUT2D eigenvalue weighted by molar-refractivity contribution is 7.85. The number of hydrogen-bond donors (Lipinski definition) is 2. The Labute approximate surface area is 338 Å². The summed E-state index contributed by atoms with van der Waals surface area (Å²) in [5.74, 6) is 0.675. The van der Waals surface area contributed by atoms with Crippen molar-refractivity contribution in [3.63, 3.8) is 0 Å². The normalized spacial score (nSPS) is 16.6. The van der Waals surface area contributed by atoms with E-state index >= 15 is 0 Å². The Balaban J connectivity index is 1.71. The summed E-state index contributed by atoms with van der Waals surface area (Å²) in [5.41, 5.74) is 3.88. The van der Waals surface area contributed by atoms with Crippen molar-refractivity contribution in [2.75, 3.05) is 77.9 Å². The highest BCUT2D eigenvalue weighted by atomic mass is 32.2. The van der Waals surface area contributed by atoms with Crippen LogP contribution in [0.5, 0.6) is 0 Å². The van der Waals surface area contributed by atoms with E-state index in [9.17, 15) is 22.9 Å². The van der Waals surface area contributed by atoms with Gasteiger partial charge in [-0.05, 0) is 99.1 Å². The first kappa shape index (κ1) is 45.8. The summed E-state index contributed by atoms with van der Waals surface area (Å²) in [7, 11) is -2.85. The summed E-state index contributed by atoms with van der Waals surface area (Å²) in [5, 5.41) is 10.3. The Hall–Kier alpha value is -3.85. The summed E-state index contributed by atoms with van der Waals surface area (Å²) in [4.78, 5) is 13.2. The summed E-state index contributed by atoms with van der Waals surface area (Å²) >= 11 is 0. The van der Waals surface area contributed by atoms with E-state index in [0.29, 0.717) is 77.8 Å². The van der Waals surface area contributed by atoms with Gasteiger partial charge in [-0.1, -0.05) is 33.3 Å². The first-order valence-corrected chi connectivity index (χ1v) is 21.5. The maximum Gasteiger partial charge on any atom is 0.303 e. The Morgan fingerprint density at radius 1 is 0.912 bits per heavy atom. The molecule has 0 radical (unpaired) electrons. The number of benzene rings is 2. The van der Waals surface area contributed by atoms with Crippen LogP contribution in [0, 0.1) is 0 Å². The minimum atomic E-state index is -4.47. The molecule has 0 amide bonds. The van der Waals surface area contributed by atoms with Crippen LogP contribution in [-0.4, -0.2) is 97.0 Å². The van der Waals surface area contributed by atoms with E-state index in [1.165, 1.54) is 11.6 Å². The van der Waals surface area contributed by atoms with E-state index in [0.717, 1.165) is 53.1 Å². The van der Waals surface area contributed by atoms with E-state index < -0.39 is 21.5 Å². The SMILES string of the molecule is CC[N+](CC)=c1ccc2c(C(C)(C)C)cc(/C=C/C=C3/N(CCCCCC(=O)O)c4ccc(S(=O)(=O)O)cc4C3(C)CCOCCOCCOCCOC)oc-2c1. The lowest BCUT2D eigenvalue weighted by atomic mass is 9.78. The van der Waals surface area contributed by atoms with Crippen LogP contribution in [-0.2, 0) is 44.7 Å². The predicted octanol–water partition coefficient (Wildman–Crippen LogP) is 7.15. The Morgan fingerprint density at radius 3 is 2.19 bits per heavy atom. The van der Waals surface area contributed by atoms with Gasteiger partial charge in [0.05, 0.1) is 50.6 Å². The molecule has 57 heavy (non-hydrogen) atoms. The van der Waals surface area contributed by atoms with Gasteiger partial charge in [-0.2, -0.15) is 8.42 Å². The Morgan fingerprint density at radius 2 is 1.58 bits per heavy atom. The minimum Gasteiger partial charge on any atom is -0.481 e. The molecule has 12 nitrogen and oxygen atoms in total. The number of methoxy groups -OCH3 is 1. The van der Waals surface area contributed by atoms with Gasteiger partial charge >= 0.3 is 5.97 Å². The van der Waals surface area contributed by atoms with E-state index in [2.05, 4.69) is 75.3 Å². The van der Waals surface area contributed by atoms with Gasteiger partial charge in [0.2, 0.25) is 5.36 Å². The van der Waals surface area contributed by atoms with Crippen LogP contribution < -0.4 is 14.8 Å². The number of ether oxygens (including phenoxy) is 4. The van der Waals surface area contributed by atoms with Crippen molar-refractivity contribution in [2.24, 2.45) is 0 Å². The van der Waals surface area contributed by atoms with Crippen LogP contribution in [0.1, 0.15) is 90.5 Å². The molecule has 13 heteroatoms. The van der Waals surface area contributed by atoms with Gasteiger partial charge in [-0.3, -0.25) is 9.35 Å². The van der Waals surface area contributed by atoms with Crippen LogP contribution in [0.3, 0.4) is 0 Å². The molecule has 1 aromatic rings. The second-order valence-corrected chi connectivity index (χ2v) is 16.9. The van der Waals surface area contributed by atoms with Gasteiger partial charge in [0, 0.05) is 55.1 Å². The zero-order valence-corrected chi connectivity index (χ0v) is 35.7. The highest BCUT2D eigenvalue weighted by Crippen LogP contribution is 2.51. The molecule has 0 bridgehead atoms. The number of nitrogens with zero attached hydrogens (tertiary/aromatic N) is 2. The van der Waals surface area contributed by atoms with Crippen LogP contribution in [0.15, 0.2) is 69.6 Å². The summed E-state index contributed by atoms with van der Waals surface area (Å²) in [6.45, 7) is 18.3. The molecule has 3 aliphatic rings. The van der Waals surface area contributed by atoms with E-state index in [-0.39, 0.29) is 16.7 Å². The summed E-state index contributed by atoms with van der Waals surface area (Å²) < 4.78 is 65.8. The maximum absolute atomic E-state index is 12.4. The molecule has 2 N–H and O–H groups in total. The third-order valence-corrected chi connectivity index (χ3v) is 11.3. The van der Waals surface area contributed by atoms with Crippen molar-refractivity contribution in [1.29, 1.82) is 0 Å². The third kappa shape index (κ3) is 12.6. The number of rotatable bonds is 23. The molecule has 0 aromatic heterocycles. The van der Waals surface area contributed by atoms with Crippen molar-refractivity contribution in [3.8, 4) is 11.3 Å². The zero-order valence-electron chi connectivity index (χ0n) is 34.8. The first-order chi connectivity index (χ1) is 27.1. The Kier molecular flexibility index (Phi) is 17.1. The van der Waals surface area contributed by atoms with Gasteiger partial charge in [0.15, 0.2) is 0 Å². The molecule has 1 unspecified atom stereocenters. The maximum atomic E-state index is 12.4. The number of carboxylic acid groups (broad SMARTS) is 1. The van der Waals surface area contributed by atoms with Crippen LogP contribution in [0.2, 0.25) is 0 Å². The average molecular weight is 812 g/mol. The molecule has 0 spiro atoms.